The molecule has 7 heteroatoms. The number of nitrogens with one attached hydrogen (secondary N) is 1. The number of hydrogen-bond donors (Lipinski definition) is 1. The number of hydrogen-bond acceptors (Lipinski definition) is 5. The van der Waals surface area contributed by atoms with Gasteiger partial charge >= 0.3 is 6.09 Å². The van der Waals surface area contributed by atoms with Crippen LogP contribution in [0.25, 0.3) is 0 Å². The van der Waals surface area contributed by atoms with Gasteiger partial charge < -0.3 is 14.8 Å². The fourth-order valence-corrected chi connectivity index (χ4v) is 3.26. The Bertz CT molecular complexity index is 1170. The number of amides is 2. The molecule has 1 aliphatic rings. The summed E-state index contributed by atoms with van der Waals surface area (Å²) in [6, 6.07) is 23.2. The molecule has 0 aromatic heterocycles. The highest BCUT2D eigenvalue weighted by atomic mass is 16.6. The van der Waals surface area contributed by atoms with Crippen molar-refractivity contribution in [2.24, 2.45) is 0 Å². The second-order valence-corrected chi connectivity index (χ2v) is 6.82. The molecule has 1 N–H and O–H groups in total. The fraction of sp³-hybridized carbons (Fsp3) is 0.125. The Labute approximate surface area is 179 Å². The first-order valence-electron chi connectivity index (χ1n) is 9.71. The minimum absolute atomic E-state index is 0.217. The summed E-state index contributed by atoms with van der Waals surface area (Å²) in [4.78, 5) is 26.2. The molecule has 7 nitrogen and oxygen atoms in total. The van der Waals surface area contributed by atoms with Crippen molar-refractivity contribution >= 4 is 23.4 Å². The number of anilines is 2. The molecule has 1 fully saturated rings. The molecule has 0 radical (unpaired) electrons. The number of nitrogens with zero attached hydrogens (tertiary/aromatic N) is 2. The topological polar surface area (TPSA) is 91.7 Å². The zero-order valence-corrected chi connectivity index (χ0v) is 16.6. The number of carbonyl (C=O) groups excluding carboxylic acids is 2. The molecule has 0 unspecified atom stereocenters. The van der Waals surface area contributed by atoms with Crippen LogP contribution in [0.4, 0.5) is 16.2 Å². The van der Waals surface area contributed by atoms with Crippen LogP contribution in [0.15, 0.2) is 72.8 Å². The van der Waals surface area contributed by atoms with Crippen molar-refractivity contribution in [2.45, 2.75) is 6.61 Å². The van der Waals surface area contributed by atoms with Gasteiger partial charge in [0.25, 0.3) is 5.91 Å². The monoisotopic (exact) mass is 413 g/mol. The number of cyclic esters (lactones) is 1. The summed E-state index contributed by atoms with van der Waals surface area (Å²) in [5, 5.41) is 12.1. The van der Waals surface area contributed by atoms with Crippen molar-refractivity contribution in [3.8, 4) is 11.8 Å². The van der Waals surface area contributed by atoms with Gasteiger partial charge in [-0.2, -0.15) is 5.26 Å². The van der Waals surface area contributed by atoms with E-state index in [0.29, 0.717) is 41.4 Å². The quantitative estimate of drug-likeness (QED) is 0.649. The molecular weight excluding hydrogens is 394 g/mol. The molecular formula is C24H19N3O4. The van der Waals surface area contributed by atoms with Gasteiger partial charge in [0.05, 0.1) is 29.6 Å². The third-order valence-electron chi connectivity index (χ3n) is 4.83. The fourth-order valence-electron chi connectivity index (χ4n) is 3.26. The van der Waals surface area contributed by atoms with Crippen LogP contribution in [0, 0.1) is 11.3 Å². The highest BCUT2D eigenvalue weighted by Crippen LogP contribution is 2.28. The van der Waals surface area contributed by atoms with Gasteiger partial charge in [-0.3, -0.25) is 9.69 Å². The Morgan fingerprint density at radius 1 is 1.10 bits per heavy atom. The van der Waals surface area contributed by atoms with E-state index in [9.17, 15) is 14.9 Å². The Kier molecular flexibility index (Phi) is 5.81. The Hall–Kier alpha value is -4.31. The molecule has 0 spiro atoms. The molecule has 2 amide bonds. The number of carbonyl (C=O) groups is 2. The lowest BCUT2D eigenvalue weighted by atomic mass is 10.1. The van der Waals surface area contributed by atoms with Crippen molar-refractivity contribution in [1.82, 2.24) is 0 Å². The van der Waals surface area contributed by atoms with E-state index in [1.165, 1.54) is 4.90 Å². The molecule has 1 aliphatic heterocycles. The summed E-state index contributed by atoms with van der Waals surface area (Å²) in [5.41, 5.74) is 2.82. The van der Waals surface area contributed by atoms with Gasteiger partial charge in [0, 0.05) is 11.1 Å². The largest absolute Gasteiger partial charge is 0.489 e. The lowest BCUT2D eigenvalue weighted by Gasteiger charge is -2.17. The summed E-state index contributed by atoms with van der Waals surface area (Å²) in [6.45, 7) is 0.962. The van der Waals surface area contributed by atoms with Crippen LogP contribution in [0.1, 0.15) is 21.5 Å². The standard InChI is InChI=1S/C24H19N3O4/c25-15-18-6-1-2-7-19(18)16-31-20-9-5-8-17(14-20)23(28)26-21-10-3-4-11-22(21)27-12-13-30-24(27)29/h1-11,14H,12-13,16H2,(H,26,28). The number of rotatable bonds is 6. The number of ether oxygens (including phenoxy) is 2. The van der Waals surface area contributed by atoms with Crippen LogP contribution in [-0.2, 0) is 11.3 Å². The molecule has 31 heavy (non-hydrogen) atoms. The maximum absolute atomic E-state index is 12.8. The van der Waals surface area contributed by atoms with E-state index < -0.39 is 6.09 Å². The Morgan fingerprint density at radius 2 is 1.90 bits per heavy atom. The van der Waals surface area contributed by atoms with Gasteiger partial charge in [-0.1, -0.05) is 36.4 Å². The minimum Gasteiger partial charge on any atom is -0.489 e. The molecule has 3 aromatic rings. The van der Waals surface area contributed by atoms with Gasteiger partial charge in [0.2, 0.25) is 0 Å². The van der Waals surface area contributed by atoms with Crippen molar-refractivity contribution in [3.05, 3.63) is 89.5 Å². The van der Waals surface area contributed by atoms with Gasteiger partial charge in [0.1, 0.15) is 19.0 Å². The van der Waals surface area contributed by atoms with Crippen LogP contribution >= 0.6 is 0 Å². The van der Waals surface area contributed by atoms with Crippen LogP contribution in [0.2, 0.25) is 0 Å². The Morgan fingerprint density at radius 3 is 2.71 bits per heavy atom. The number of benzene rings is 3. The molecule has 0 aliphatic carbocycles. The molecule has 0 atom stereocenters. The first kappa shape index (κ1) is 20.0. The van der Waals surface area contributed by atoms with Gasteiger partial charge in [-0.25, -0.2) is 4.79 Å². The predicted molar refractivity (Wildman–Crippen MR) is 115 cm³/mol. The summed E-state index contributed by atoms with van der Waals surface area (Å²) >= 11 is 0. The van der Waals surface area contributed by atoms with Crippen molar-refractivity contribution < 1.29 is 19.1 Å². The molecule has 3 aromatic carbocycles. The third-order valence-corrected chi connectivity index (χ3v) is 4.83. The number of nitriles is 1. The zero-order chi connectivity index (χ0) is 21.6. The zero-order valence-electron chi connectivity index (χ0n) is 16.6. The second kappa shape index (κ2) is 9.01. The molecule has 1 heterocycles. The van der Waals surface area contributed by atoms with E-state index in [2.05, 4.69) is 11.4 Å². The SMILES string of the molecule is N#Cc1ccccc1COc1cccc(C(=O)Nc2ccccc2N2CCOC2=O)c1. The average Bonchev–Trinajstić information content (AvgIpc) is 3.24. The molecule has 0 bridgehead atoms. The van der Waals surface area contributed by atoms with E-state index in [1.54, 1.807) is 60.7 Å². The van der Waals surface area contributed by atoms with Crippen LogP contribution in [-0.4, -0.2) is 25.2 Å². The van der Waals surface area contributed by atoms with E-state index in [0.717, 1.165) is 5.56 Å². The maximum Gasteiger partial charge on any atom is 0.414 e. The summed E-state index contributed by atoms with van der Waals surface area (Å²) < 4.78 is 10.8. The van der Waals surface area contributed by atoms with Crippen LogP contribution in [0.5, 0.6) is 5.75 Å². The second-order valence-electron chi connectivity index (χ2n) is 6.82. The first-order chi connectivity index (χ1) is 15.2. The molecule has 154 valence electrons. The highest BCUT2D eigenvalue weighted by molar-refractivity contribution is 6.07. The van der Waals surface area contributed by atoms with Crippen LogP contribution < -0.4 is 15.0 Å². The smallest absolute Gasteiger partial charge is 0.414 e. The average molecular weight is 413 g/mol. The Balaban J connectivity index is 1.48. The lowest BCUT2D eigenvalue weighted by molar-refractivity contribution is 0.102. The van der Waals surface area contributed by atoms with Crippen molar-refractivity contribution in [3.63, 3.8) is 0 Å². The van der Waals surface area contributed by atoms with Crippen molar-refractivity contribution in [2.75, 3.05) is 23.4 Å². The van der Waals surface area contributed by atoms with E-state index in [4.69, 9.17) is 9.47 Å². The molecule has 1 saturated heterocycles. The summed E-state index contributed by atoms with van der Waals surface area (Å²) in [6.07, 6.45) is -0.435. The highest BCUT2D eigenvalue weighted by Gasteiger charge is 2.26. The predicted octanol–water partition coefficient (Wildman–Crippen LogP) is 4.35. The normalized spacial score (nSPS) is 12.7. The lowest BCUT2D eigenvalue weighted by Crippen LogP contribution is -2.25. The molecule has 0 saturated carbocycles. The van der Waals surface area contributed by atoms with Gasteiger partial charge in [-0.05, 0) is 36.4 Å². The summed E-state index contributed by atoms with van der Waals surface area (Å²) in [7, 11) is 0. The van der Waals surface area contributed by atoms with Crippen molar-refractivity contribution in [1.29, 1.82) is 5.26 Å². The van der Waals surface area contributed by atoms with E-state index in [-0.39, 0.29) is 12.5 Å². The maximum atomic E-state index is 12.8. The summed E-state index contributed by atoms with van der Waals surface area (Å²) in [5.74, 6) is 0.180. The van der Waals surface area contributed by atoms with Gasteiger partial charge in [-0.15, -0.1) is 0 Å². The van der Waals surface area contributed by atoms with Crippen LogP contribution in [0.3, 0.4) is 0 Å². The first-order valence-corrected chi connectivity index (χ1v) is 9.71. The van der Waals surface area contributed by atoms with Gasteiger partial charge in [0.15, 0.2) is 0 Å². The number of para-hydroxylation sites is 2. The minimum atomic E-state index is -0.435. The molecule has 4 rings (SSSR count). The third kappa shape index (κ3) is 4.49. The van der Waals surface area contributed by atoms with E-state index in [1.807, 2.05) is 12.1 Å². The van der Waals surface area contributed by atoms with E-state index >= 15 is 0 Å².